The van der Waals surface area contributed by atoms with E-state index < -0.39 is 17.9 Å². The summed E-state index contributed by atoms with van der Waals surface area (Å²) in [6, 6.07) is 2.11. The molecule has 1 rings (SSSR count). The Bertz CT molecular complexity index is 395. The fourth-order valence-corrected chi connectivity index (χ4v) is 1.25. The molecule has 0 radical (unpaired) electrons. The van der Waals surface area contributed by atoms with Crippen molar-refractivity contribution in [1.82, 2.24) is 10.3 Å². The fraction of sp³-hybridized carbons (Fsp3) is 0.222. The molecule has 0 spiro atoms. The highest BCUT2D eigenvalue weighted by atomic mass is 79.9. The smallest absolute Gasteiger partial charge is 0.325 e. The molecule has 1 amide bonds. The number of amides is 1. The van der Waals surface area contributed by atoms with Crippen LogP contribution in [0.4, 0.5) is 0 Å². The summed E-state index contributed by atoms with van der Waals surface area (Å²) < 4.78 is 0.526. The van der Waals surface area contributed by atoms with Crippen LogP contribution in [0.2, 0.25) is 0 Å². The maximum absolute atomic E-state index is 11.5. The highest BCUT2D eigenvalue weighted by Gasteiger charge is 2.15. The van der Waals surface area contributed by atoms with Gasteiger partial charge in [-0.05, 0) is 35.0 Å². The number of nitrogens with zero attached hydrogens (tertiary/aromatic N) is 1. The van der Waals surface area contributed by atoms with Crippen LogP contribution in [0.3, 0.4) is 0 Å². The predicted octanol–water partition coefficient (Wildman–Crippen LogP) is 1.05. The molecule has 2 N–H and O–H groups in total. The van der Waals surface area contributed by atoms with E-state index in [0.29, 0.717) is 10.2 Å². The zero-order chi connectivity index (χ0) is 11.4. The van der Waals surface area contributed by atoms with Gasteiger partial charge in [0.15, 0.2) is 0 Å². The maximum atomic E-state index is 11.5. The van der Waals surface area contributed by atoms with Gasteiger partial charge in [0.1, 0.15) is 10.6 Å². The van der Waals surface area contributed by atoms with E-state index in [1.807, 2.05) is 0 Å². The highest BCUT2D eigenvalue weighted by molar-refractivity contribution is 9.10. The summed E-state index contributed by atoms with van der Waals surface area (Å²) in [6.45, 7) is 1.40. The maximum Gasteiger partial charge on any atom is 0.325 e. The van der Waals surface area contributed by atoms with E-state index in [1.54, 1.807) is 0 Å². The molecule has 1 heterocycles. The second-order valence-electron chi connectivity index (χ2n) is 2.90. The number of pyridine rings is 1. The van der Waals surface area contributed by atoms with Crippen LogP contribution in [0, 0.1) is 0 Å². The summed E-state index contributed by atoms with van der Waals surface area (Å²) in [7, 11) is 0. The van der Waals surface area contributed by atoms with Crippen LogP contribution in [-0.4, -0.2) is 28.0 Å². The van der Waals surface area contributed by atoms with Crippen molar-refractivity contribution in [2.75, 3.05) is 0 Å². The van der Waals surface area contributed by atoms with E-state index in [9.17, 15) is 9.59 Å². The molecular formula is C9H9BrN2O3. The van der Waals surface area contributed by atoms with E-state index in [-0.39, 0.29) is 0 Å². The summed E-state index contributed by atoms with van der Waals surface area (Å²) >= 11 is 3.12. The number of carboxylic acid groups (broad SMARTS) is 1. The first-order valence-electron chi connectivity index (χ1n) is 4.16. The van der Waals surface area contributed by atoms with Crippen LogP contribution in [0.5, 0.6) is 0 Å². The number of hydrogen-bond donors (Lipinski definition) is 2. The lowest BCUT2D eigenvalue weighted by atomic mass is 10.2. The molecule has 1 aromatic heterocycles. The molecule has 6 heteroatoms. The van der Waals surface area contributed by atoms with Gasteiger partial charge in [-0.1, -0.05) is 0 Å². The molecular weight excluding hydrogens is 264 g/mol. The molecule has 0 aromatic carbocycles. The lowest BCUT2D eigenvalue weighted by Crippen LogP contribution is -2.38. The van der Waals surface area contributed by atoms with E-state index in [2.05, 4.69) is 26.2 Å². The van der Waals surface area contributed by atoms with Gasteiger partial charge in [-0.15, -0.1) is 0 Å². The zero-order valence-corrected chi connectivity index (χ0v) is 9.48. The molecule has 0 fully saturated rings. The van der Waals surface area contributed by atoms with Crippen LogP contribution >= 0.6 is 15.9 Å². The van der Waals surface area contributed by atoms with Gasteiger partial charge in [-0.25, -0.2) is 4.98 Å². The van der Waals surface area contributed by atoms with Crippen LogP contribution in [0.25, 0.3) is 0 Å². The molecule has 0 unspecified atom stereocenters. The molecule has 80 valence electrons. The van der Waals surface area contributed by atoms with Gasteiger partial charge in [-0.3, -0.25) is 9.59 Å². The average molecular weight is 273 g/mol. The number of aliphatic carboxylic acids is 1. The summed E-state index contributed by atoms with van der Waals surface area (Å²) in [6.07, 6.45) is 1.46. The second-order valence-corrected chi connectivity index (χ2v) is 3.71. The second kappa shape index (κ2) is 4.88. The Labute approximate surface area is 94.6 Å². The van der Waals surface area contributed by atoms with Gasteiger partial charge in [0.05, 0.1) is 0 Å². The van der Waals surface area contributed by atoms with Gasteiger partial charge in [0.25, 0.3) is 5.91 Å². The van der Waals surface area contributed by atoms with Gasteiger partial charge in [0.2, 0.25) is 0 Å². The third-order valence-electron chi connectivity index (χ3n) is 1.71. The molecule has 0 saturated heterocycles. The first-order chi connectivity index (χ1) is 7.00. The molecule has 0 saturated carbocycles. The lowest BCUT2D eigenvalue weighted by molar-refractivity contribution is -0.138. The van der Waals surface area contributed by atoms with Crippen molar-refractivity contribution in [1.29, 1.82) is 0 Å². The summed E-state index contributed by atoms with van der Waals surface area (Å²) in [4.78, 5) is 25.8. The Morgan fingerprint density at radius 3 is 2.80 bits per heavy atom. The molecule has 5 nitrogen and oxygen atoms in total. The van der Waals surface area contributed by atoms with Crippen LogP contribution < -0.4 is 5.32 Å². The van der Waals surface area contributed by atoms with Gasteiger partial charge in [0, 0.05) is 11.8 Å². The first kappa shape index (κ1) is 11.6. The number of carbonyl (C=O) groups is 2. The first-order valence-corrected chi connectivity index (χ1v) is 4.95. The standard InChI is InChI=1S/C9H9BrN2O3/c1-5(9(14)15)12-8(13)6-2-3-11-7(10)4-6/h2-5H,1H3,(H,12,13)(H,14,15)/t5-/m0/s1. The van der Waals surface area contributed by atoms with Crippen molar-refractivity contribution >= 4 is 27.8 Å². The SMILES string of the molecule is C[C@H](NC(=O)c1ccnc(Br)c1)C(=O)O. The molecule has 15 heavy (non-hydrogen) atoms. The molecule has 0 aliphatic carbocycles. The minimum Gasteiger partial charge on any atom is -0.480 e. The number of carboxylic acids is 1. The number of rotatable bonds is 3. The molecule has 0 aliphatic heterocycles. The number of halogens is 1. The highest BCUT2D eigenvalue weighted by Crippen LogP contribution is 2.07. The lowest BCUT2D eigenvalue weighted by Gasteiger charge is -2.08. The Kier molecular flexibility index (Phi) is 3.79. The monoisotopic (exact) mass is 272 g/mol. The Morgan fingerprint density at radius 2 is 2.27 bits per heavy atom. The minimum atomic E-state index is -1.07. The summed E-state index contributed by atoms with van der Waals surface area (Å²) in [5.41, 5.74) is 0.366. The summed E-state index contributed by atoms with van der Waals surface area (Å²) in [5.74, 6) is -1.51. The van der Waals surface area contributed by atoms with Crippen molar-refractivity contribution in [3.63, 3.8) is 0 Å². The van der Waals surface area contributed by atoms with Crippen LogP contribution in [-0.2, 0) is 4.79 Å². The minimum absolute atomic E-state index is 0.366. The molecule has 1 atom stereocenters. The average Bonchev–Trinajstić information content (AvgIpc) is 2.17. The van der Waals surface area contributed by atoms with Crippen molar-refractivity contribution in [2.24, 2.45) is 0 Å². The topological polar surface area (TPSA) is 79.3 Å². The largest absolute Gasteiger partial charge is 0.480 e. The van der Waals surface area contributed by atoms with E-state index in [0.717, 1.165) is 0 Å². The Hall–Kier alpha value is -1.43. The molecule has 0 bridgehead atoms. The quantitative estimate of drug-likeness (QED) is 0.807. The van der Waals surface area contributed by atoms with Crippen molar-refractivity contribution in [2.45, 2.75) is 13.0 Å². The normalized spacial score (nSPS) is 11.9. The van der Waals surface area contributed by atoms with Gasteiger partial charge >= 0.3 is 5.97 Å². The number of aromatic nitrogens is 1. The zero-order valence-electron chi connectivity index (χ0n) is 7.90. The van der Waals surface area contributed by atoms with Gasteiger partial charge < -0.3 is 10.4 Å². The van der Waals surface area contributed by atoms with Crippen molar-refractivity contribution < 1.29 is 14.7 Å². The number of nitrogens with one attached hydrogen (secondary N) is 1. The number of hydrogen-bond acceptors (Lipinski definition) is 3. The fourth-order valence-electron chi connectivity index (χ4n) is 0.885. The van der Waals surface area contributed by atoms with E-state index >= 15 is 0 Å². The van der Waals surface area contributed by atoms with Crippen LogP contribution in [0.1, 0.15) is 17.3 Å². The summed E-state index contributed by atoms with van der Waals surface area (Å²) in [5, 5.41) is 10.9. The third kappa shape index (κ3) is 3.32. The van der Waals surface area contributed by atoms with Gasteiger partial charge in [-0.2, -0.15) is 0 Å². The Morgan fingerprint density at radius 1 is 1.60 bits per heavy atom. The van der Waals surface area contributed by atoms with E-state index in [4.69, 9.17) is 5.11 Å². The predicted molar refractivity (Wildman–Crippen MR) is 56.5 cm³/mol. The molecule has 0 aliphatic rings. The van der Waals surface area contributed by atoms with Crippen LogP contribution in [0.15, 0.2) is 22.9 Å². The number of carbonyl (C=O) groups excluding carboxylic acids is 1. The van der Waals surface area contributed by atoms with Crippen molar-refractivity contribution in [3.05, 3.63) is 28.5 Å². The third-order valence-corrected chi connectivity index (χ3v) is 2.14. The van der Waals surface area contributed by atoms with E-state index in [1.165, 1.54) is 25.3 Å². The molecule has 1 aromatic rings. The van der Waals surface area contributed by atoms with Crippen molar-refractivity contribution in [3.8, 4) is 0 Å². The Balaban J connectivity index is 2.73.